The van der Waals surface area contributed by atoms with Crippen LogP contribution in [0.4, 0.5) is 4.39 Å². The second kappa shape index (κ2) is 4.73. The van der Waals surface area contributed by atoms with Crippen LogP contribution in [-0.2, 0) is 6.54 Å². The molecule has 1 aromatic carbocycles. The molecule has 0 saturated heterocycles. The zero-order chi connectivity index (χ0) is 12.3. The van der Waals surface area contributed by atoms with E-state index in [2.05, 4.69) is 20.7 Å². The molecular formula is C11H11FN4O. The molecule has 0 bridgehead atoms. The Morgan fingerprint density at radius 2 is 2.35 bits per heavy atom. The Morgan fingerprint density at radius 1 is 1.53 bits per heavy atom. The maximum absolute atomic E-state index is 13.2. The molecule has 0 aliphatic carbocycles. The molecule has 0 saturated carbocycles. The van der Waals surface area contributed by atoms with Crippen molar-refractivity contribution in [1.29, 1.82) is 0 Å². The molecule has 0 fully saturated rings. The molecule has 2 rings (SSSR count). The second-order valence-corrected chi connectivity index (χ2v) is 3.62. The zero-order valence-corrected chi connectivity index (χ0v) is 9.20. The summed E-state index contributed by atoms with van der Waals surface area (Å²) in [6.07, 6.45) is 1.32. The van der Waals surface area contributed by atoms with Crippen LogP contribution in [0.25, 0.3) is 0 Å². The Labute approximate surface area is 97.0 Å². The lowest BCUT2D eigenvalue weighted by molar-refractivity contribution is 0.0946. The fourth-order valence-corrected chi connectivity index (χ4v) is 1.33. The van der Waals surface area contributed by atoms with Crippen LogP contribution >= 0.6 is 0 Å². The first-order chi connectivity index (χ1) is 8.16. The van der Waals surface area contributed by atoms with Gasteiger partial charge in [-0.05, 0) is 24.1 Å². The molecule has 0 aliphatic rings. The average Bonchev–Trinajstić information content (AvgIpc) is 2.84. The maximum Gasteiger partial charge on any atom is 0.273 e. The minimum atomic E-state index is -0.347. The summed E-state index contributed by atoms with van der Waals surface area (Å²) in [4.78, 5) is 11.5. The van der Waals surface area contributed by atoms with E-state index in [1.165, 1.54) is 12.3 Å². The van der Waals surface area contributed by atoms with Crippen LogP contribution < -0.4 is 5.32 Å². The number of nitrogens with zero attached hydrogens (tertiary/aromatic N) is 2. The van der Waals surface area contributed by atoms with E-state index >= 15 is 0 Å². The van der Waals surface area contributed by atoms with Gasteiger partial charge < -0.3 is 5.32 Å². The van der Waals surface area contributed by atoms with Crippen molar-refractivity contribution < 1.29 is 9.18 Å². The molecule has 2 N–H and O–H groups in total. The number of carbonyl (C=O) groups excluding carboxylic acids is 1. The molecular weight excluding hydrogens is 223 g/mol. The SMILES string of the molecule is Cc1ccc(CNC(=O)c2cn[nH]n2)cc1F. The van der Waals surface area contributed by atoms with Gasteiger partial charge in [-0.15, -0.1) is 0 Å². The molecule has 1 aromatic heterocycles. The highest BCUT2D eigenvalue weighted by molar-refractivity contribution is 5.91. The molecule has 1 amide bonds. The number of carbonyl (C=O) groups is 1. The molecule has 0 radical (unpaired) electrons. The van der Waals surface area contributed by atoms with E-state index in [9.17, 15) is 9.18 Å². The number of aromatic amines is 1. The van der Waals surface area contributed by atoms with Gasteiger partial charge in [0.25, 0.3) is 5.91 Å². The highest BCUT2D eigenvalue weighted by atomic mass is 19.1. The first-order valence-electron chi connectivity index (χ1n) is 5.06. The van der Waals surface area contributed by atoms with E-state index in [1.54, 1.807) is 19.1 Å². The minimum absolute atomic E-state index is 0.206. The van der Waals surface area contributed by atoms with E-state index in [0.29, 0.717) is 11.1 Å². The summed E-state index contributed by atoms with van der Waals surface area (Å²) < 4.78 is 13.2. The Hall–Kier alpha value is -2.24. The molecule has 0 aliphatic heterocycles. The van der Waals surface area contributed by atoms with Crippen LogP contribution in [0, 0.1) is 12.7 Å². The highest BCUT2D eigenvalue weighted by Gasteiger charge is 2.08. The molecule has 0 spiro atoms. The number of aromatic nitrogens is 3. The van der Waals surface area contributed by atoms with Crippen molar-refractivity contribution in [3.05, 3.63) is 47.0 Å². The lowest BCUT2D eigenvalue weighted by atomic mass is 10.1. The summed E-state index contributed by atoms with van der Waals surface area (Å²) in [6, 6.07) is 4.84. The van der Waals surface area contributed by atoms with Gasteiger partial charge in [0.1, 0.15) is 5.82 Å². The van der Waals surface area contributed by atoms with Gasteiger partial charge >= 0.3 is 0 Å². The van der Waals surface area contributed by atoms with Gasteiger partial charge in [0.2, 0.25) is 0 Å². The van der Waals surface area contributed by atoms with E-state index in [0.717, 1.165) is 0 Å². The van der Waals surface area contributed by atoms with Crippen molar-refractivity contribution in [2.75, 3.05) is 0 Å². The number of nitrogens with one attached hydrogen (secondary N) is 2. The number of aryl methyl sites for hydroxylation is 1. The zero-order valence-electron chi connectivity index (χ0n) is 9.20. The first kappa shape index (κ1) is 11.3. The number of halogens is 1. The molecule has 17 heavy (non-hydrogen) atoms. The van der Waals surface area contributed by atoms with Gasteiger partial charge in [-0.3, -0.25) is 4.79 Å². The highest BCUT2D eigenvalue weighted by Crippen LogP contribution is 2.08. The van der Waals surface area contributed by atoms with Gasteiger partial charge in [-0.25, -0.2) is 4.39 Å². The summed E-state index contributed by atoms with van der Waals surface area (Å²) in [5, 5.41) is 12.1. The summed E-state index contributed by atoms with van der Waals surface area (Å²) in [7, 11) is 0. The van der Waals surface area contributed by atoms with Gasteiger partial charge in [-0.2, -0.15) is 15.4 Å². The lowest BCUT2D eigenvalue weighted by Gasteiger charge is -2.04. The Kier molecular flexibility index (Phi) is 3.13. The Bertz CT molecular complexity index is 524. The van der Waals surface area contributed by atoms with Crippen LogP contribution in [0.1, 0.15) is 21.6 Å². The van der Waals surface area contributed by atoms with Crippen molar-refractivity contribution in [3.63, 3.8) is 0 Å². The van der Waals surface area contributed by atoms with Crippen LogP contribution in [0.3, 0.4) is 0 Å². The summed E-state index contributed by atoms with van der Waals surface area (Å²) in [5.74, 6) is -0.627. The standard InChI is InChI=1S/C11H11FN4O/c1-7-2-3-8(4-9(7)12)5-13-11(17)10-6-14-16-15-10/h2-4,6H,5H2,1H3,(H,13,17)(H,14,15,16). The second-order valence-electron chi connectivity index (χ2n) is 3.62. The number of H-pyrrole nitrogens is 1. The van der Waals surface area contributed by atoms with Crippen molar-refractivity contribution in [2.45, 2.75) is 13.5 Å². The normalized spacial score (nSPS) is 10.2. The third-order valence-corrected chi connectivity index (χ3v) is 2.34. The number of hydrogen-bond donors (Lipinski definition) is 2. The molecule has 1 heterocycles. The van der Waals surface area contributed by atoms with Crippen LogP contribution in [0.5, 0.6) is 0 Å². The summed E-state index contributed by atoms with van der Waals surface area (Å²) in [6.45, 7) is 1.94. The van der Waals surface area contributed by atoms with Crippen molar-refractivity contribution in [1.82, 2.24) is 20.7 Å². The Morgan fingerprint density at radius 3 is 3.00 bits per heavy atom. The van der Waals surface area contributed by atoms with Crippen molar-refractivity contribution >= 4 is 5.91 Å². The topological polar surface area (TPSA) is 70.7 Å². The van der Waals surface area contributed by atoms with E-state index in [-0.39, 0.29) is 24.0 Å². The molecule has 0 atom stereocenters. The average molecular weight is 234 g/mol. The third-order valence-electron chi connectivity index (χ3n) is 2.34. The quantitative estimate of drug-likeness (QED) is 0.837. The fourth-order valence-electron chi connectivity index (χ4n) is 1.33. The van der Waals surface area contributed by atoms with Crippen molar-refractivity contribution in [2.24, 2.45) is 0 Å². The molecule has 88 valence electrons. The maximum atomic E-state index is 13.2. The van der Waals surface area contributed by atoms with Crippen LogP contribution in [0.2, 0.25) is 0 Å². The smallest absolute Gasteiger partial charge is 0.273 e. The predicted octanol–water partition coefficient (Wildman–Crippen LogP) is 1.18. The van der Waals surface area contributed by atoms with Crippen LogP contribution in [0.15, 0.2) is 24.4 Å². The summed E-state index contributed by atoms with van der Waals surface area (Å²) >= 11 is 0. The lowest BCUT2D eigenvalue weighted by Crippen LogP contribution is -2.23. The molecule has 0 unspecified atom stereocenters. The van der Waals surface area contributed by atoms with Gasteiger partial charge in [0.15, 0.2) is 5.69 Å². The fraction of sp³-hybridized carbons (Fsp3) is 0.182. The predicted molar refractivity (Wildman–Crippen MR) is 58.7 cm³/mol. The van der Waals surface area contributed by atoms with E-state index in [4.69, 9.17) is 0 Å². The molecule has 6 heteroatoms. The summed E-state index contributed by atoms with van der Waals surface area (Å²) in [5.41, 5.74) is 1.49. The number of hydrogen-bond acceptors (Lipinski definition) is 3. The van der Waals surface area contributed by atoms with Crippen molar-refractivity contribution in [3.8, 4) is 0 Å². The number of amides is 1. The number of benzene rings is 1. The first-order valence-corrected chi connectivity index (χ1v) is 5.06. The third kappa shape index (κ3) is 2.66. The van der Waals surface area contributed by atoms with E-state index < -0.39 is 0 Å². The molecule has 5 nitrogen and oxygen atoms in total. The largest absolute Gasteiger partial charge is 0.347 e. The molecule has 2 aromatic rings. The van der Waals surface area contributed by atoms with Gasteiger partial charge in [0, 0.05) is 6.54 Å². The van der Waals surface area contributed by atoms with E-state index in [1.807, 2.05) is 0 Å². The van der Waals surface area contributed by atoms with Crippen LogP contribution in [-0.4, -0.2) is 21.3 Å². The monoisotopic (exact) mass is 234 g/mol. The number of rotatable bonds is 3. The Balaban J connectivity index is 1.98. The van der Waals surface area contributed by atoms with Gasteiger partial charge in [0.05, 0.1) is 6.20 Å². The minimum Gasteiger partial charge on any atom is -0.347 e. The van der Waals surface area contributed by atoms with Gasteiger partial charge in [-0.1, -0.05) is 12.1 Å².